The molecule has 1 amide bonds. The van der Waals surface area contributed by atoms with Crippen LogP contribution in [-0.4, -0.2) is 37.9 Å². The molecule has 1 N–H and O–H groups in total. The Morgan fingerprint density at radius 3 is 2.58 bits per heavy atom. The Bertz CT molecular complexity index is 783. The van der Waals surface area contributed by atoms with E-state index in [0.29, 0.717) is 18.7 Å². The fourth-order valence-electron chi connectivity index (χ4n) is 2.91. The zero-order valence-electron chi connectivity index (χ0n) is 14.3. The number of alkyl halides is 3. The molecule has 146 valence electrons. The van der Waals surface area contributed by atoms with Crippen LogP contribution < -0.4 is 4.72 Å². The number of halogens is 4. The summed E-state index contributed by atoms with van der Waals surface area (Å²) >= 11 is 5.78. The molecule has 1 fully saturated rings. The van der Waals surface area contributed by atoms with Crippen molar-refractivity contribution in [3.05, 3.63) is 28.8 Å². The van der Waals surface area contributed by atoms with Gasteiger partial charge in [-0.05, 0) is 51.3 Å². The monoisotopic (exact) mass is 412 g/mol. The van der Waals surface area contributed by atoms with Gasteiger partial charge in [-0.1, -0.05) is 11.6 Å². The molecule has 1 aromatic carbocycles. The summed E-state index contributed by atoms with van der Waals surface area (Å²) in [5.74, 6) is -0.413. The van der Waals surface area contributed by atoms with Crippen molar-refractivity contribution < 1.29 is 26.4 Å². The minimum Gasteiger partial charge on any atom is -0.339 e. The highest BCUT2D eigenvalue weighted by Gasteiger charge is 2.34. The quantitative estimate of drug-likeness (QED) is 0.823. The van der Waals surface area contributed by atoms with Gasteiger partial charge in [0, 0.05) is 12.6 Å². The second-order valence-corrected chi connectivity index (χ2v) is 8.45. The van der Waals surface area contributed by atoms with E-state index in [1.807, 2.05) is 6.92 Å². The van der Waals surface area contributed by atoms with Gasteiger partial charge in [-0.15, -0.1) is 0 Å². The van der Waals surface area contributed by atoms with E-state index in [2.05, 4.69) is 4.72 Å². The normalized spacial score (nSPS) is 20.1. The number of nitrogens with one attached hydrogen (secondary N) is 1. The summed E-state index contributed by atoms with van der Waals surface area (Å²) in [6.45, 7) is 3.76. The van der Waals surface area contributed by atoms with Crippen molar-refractivity contribution >= 4 is 27.5 Å². The maximum Gasteiger partial charge on any atom is 0.416 e. The number of carbonyl (C=O) groups is 1. The van der Waals surface area contributed by atoms with Gasteiger partial charge in [0.15, 0.2) is 0 Å². The SMILES string of the molecule is CC(NS(=O)(=O)c1cc(C(F)(F)F)ccc1Cl)C(=O)N1CCCCC1C. The predicted octanol–water partition coefficient (Wildman–Crippen LogP) is 3.43. The highest BCUT2D eigenvalue weighted by molar-refractivity contribution is 7.89. The molecule has 0 aliphatic carbocycles. The summed E-state index contributed by atoms with van der Waals surface area (Å²) in [6.07, 6.45) is -2.07. The summed E-state index contributed by atoms with van der Waals surface area (Å²) in [6, 6.07) is 0.904. The predicted molar refractivity (Wildman–Crippen MR) is 91.3 cm³/mol. The molecule has 0 radical (unpaired) electrons. The Hall–Kier alpha value is -1.32. The molecule has 2 atom stereocenters. The molecular weight excluding hydrogens is 393 g/mol. The van der Waals surface area contributed by atoms with Crippen molar-refractivity contribution in [2.45, 2.75) is 56.3 Å². The summed E-state index contributed by atoms with van der Waals surface area (Å²) in [7, 11) is -4.40. The van der Waals surface area contributed by atoms with Crippen LogP contribution in [0.4, 0.5) is 13.2 Å². The summed E-state index contributed by atoms with van der Waals surface area (Å²) in [4.78, 5) is 13.4. The second-order valence-electron chi connectivity index (χ2n) is 6.36. The topological polar surface area (TPSA) is 66.5 Å². The highest BCUT2D eigenvalue weighted by Crippen LogP contribution is 2.33. The number of benzene rings is 1. The Kier molecular flexibility index (Phi) is 6.24. The average molecular weight is 413 g/mol. The van der Waals surface area contributed by atoms with Crippen molar-refractivity contribution in [3.8, 4) is 0 Å². The molecule has 0 bridgehead atoms. The van der Waals surface area contributed by atoms with Gasteiger partial charge in [-0.2, -0.15) is 17.9 Å². The Morgan fingerprint density at radius 1 is 1.35 bits per heavy atom. The molecule has 26 heavy (non-hydrogen) atoms. The first-order valence-corrected chi connectivity index (χ1v) is 9.99. The Morgan fingerprint density at radius 2 is 2.00 bits per heavy atom. The molecule has 2 unspecified atom stereocenters. The van der Waals surface area contributed by atoms with Crippen molar-refractivity contribution in [2.75, 3.05) is 6.54 Å². The summed E-state index contributed by atoms with van der Waals surface area (Å²) in [5, 5.41) is -0.350. The molecule has 1 heterocycles. The minimum absolute atomic E-state index is 0.0136. The van der Waals surface area contributed by atoms with E-state index in [-0.39, 0.29) is 11.1 Å². The third-order valence-corrected chi connectivity index (χ3v) is 6.36. The highest BCUT2D eigenvalue weighted by atomic mass is 35.5. The van der Waals surface area contributed by atoms with E-state index in [0.717, 1.165) is 25.3 Å². The Balaban J connectivity index is 2.24. The number of likely N-dealkylation sites (tertiary alicyclic amines) is 1. The number of hydrogen-bond acceptors (Lipinski definition) is 3. The van der Waals surface area contributed by atoms with Crippen LogP contribution in [0.1, 0.15) is 38.7 Å². The largest absolute Gasteiger partial charge is 0.416 e. The van der Waals surface area contributed by atoms with E-state index < -0.39 is 38.6 Å². The Labute approximate surface area is 155 Å². The minimum atomic E-state index is -4.71. The number of rotatable bonds is 4. The third-order valence-electron chi connectivity index (χ3n) is 4.34. The number of hydrogen-bond donors (Lipinski definition) is 1. The molecule has 1 saturated heterocycles. The second kappa shape index (κ2) is 7.74. The van der Waals surface area contributed by atoms with Gasteiger partial charge in [0.1, 0.15) is 4.90 Å². The first-order chi connectivity index (χ1) is 11.9. The fraction of sp³-hybridized carbons (Fsp3) is 0.562. The van der Waals surface area contributed by atoms with E-state index in [9.17, 15) is 26.4 Å². The van der Waals surface area contributed by atoms with E-state index in [1.54, 1.807) is 4.90 Å². The van der Waals surface area contributed by atoms with Gasteiger partial charge < -0.3 is 4.90 Å². The summed E-state index contributed by atoms with van der Waals surface area (Å²) in [5.41, 5.74) is -1.13. The number of amides is 1. The van der Waals surface area contributed by atoms with E-state index in [4.69, 9.17) is 11.6 Å². The van der Waals surface area contributed by atoms with Gasteiger partial charge in [-0.25, -0.2) is 8.42 Å². The fourth-order valence-corrected chi connectivity index (χ4v) is 4.63. The molecule has 10 heteroatoms. The lowest BCUT2D eigenvalue weighted by Crippen LogP contribution is -2.51. The smallest absolute Gasteiger partial charge is 0.339 e. The molecule has 0 saturated carbocycles. The van der Waals surface area contributed by atoms with Crippen LogP contribution in [0, 0.1) is 0 Å². The lowest BCUT2D eigenvalue weighted by atomic mass is 10.0. The van der Waals surface area contributed by atoms with Crippen LogP contribution >= 0.6 is 11.6 Å². The van der Waals surface area contributed by atoms with Crippen LogP contribution in [-0.2, 0) is 21.0 Å². The molecule has 1 aliphatic heterocycles. The van der Waals surface area contributed by atoms with E-state index in [1.165, 1.54) is 6.92 Å². The standard InChI is InChI=1S/C16H20ClF3N2O3S/c1-10-5-3-4-8-22(10)15(23)11(2)21-26(24,25)14-9-12(16(18,19)20)6-7-13(14)17/h6-7,9-11,21H,3-5,8H2,1-2H3. The lowest BCUT2D eigenvalue weighted by molar-refractivity contribution is -0.138. The van der Waals surface area contributed by atoms with E-state index >= 15 is 0 Å². The molecule has 0 spiro atoms. The van der Waals surface area contributed by atoms with Crippen LogP contribution in [0.2, 0.25) is 5.02 Å². The molecule has 1 aliphatic rings. The first kappa shape index (κ1) is 21.0. The maximum atomic E-state index is 12.8. The van der Waals surface area contributed by atoms with Crippen molar-refractivity contribution in [3.63, 3.8) is 0 Å². The maximum absolute atomic E-state index is 12.8. The van der Waals surface area contributed by atoms with Gasteiger partial charge in [0.2, 0.25) is 15.9 Å². The van der Waals surface area contributed by atoms with Crippen LogP contribution in [0.5, 0.6) is 0 Å². The molecule has 2 rings (SSSR count). The lowest BCUT2D eigenvalue weighted by Gasteiger charge is -2.35. The molecular formula is C16H20ClF3N2O3S. The van der Waals surface area contributed by atoms with Crippen LogP contribution in [0.15, 0.2) is 23.1 Å². The molecule has 5 nitrogen and oxygen atoms in total. The number of sulfonamides is 1. The molecule has 0 aromatic heterocycles. The van der Waals surface area contributed by atoms with Gasteiger partial charge in [0.05, 0.1) is 16.6 Å². The molecule has 1 aromatic rings. The number of nitrogens with zero attached hydrogens (tertiary/aromatic N) is 1. The van der Waals surface area contributed by atoms with Gasteiger partial charge >= 0.3 is 6.18 Å². The van der Waals surface area contributed by atoms with Crippen molar-refractivity contribution in [1.29, 1.82) is 0 Å². The average Bonchev–Trinajstić information content (AvgIpc) is 2.53. The zero-order chi connectivity index (χ0) is 19.7. The zero-order valence-corrected chi connectivity index (χ0v) is 15.9. The first-order valence-electron chi connectivity index (χ1n) is 8.13. The third kappa shape index (κ3) is 4.69. The van der Waals surface area contributed by atoms with Crippen LogP contribution in [0.25, 0.3) is 0 Å². The summed E-state index contributed by atoms with van der Waals surface area (Å²) < 4.78 is 65.6. The van der Waals surface area contributed by atoms with Gasteiger partial charge in [-0.3, -0.25) is 4.79 Å². The van der Waals surface area contributed by atoms with Gasteiger partial charge in [0.25, 0.3) is 0 Å². The van der Waals surface area contributed by atoms with Crippen molar-refractivity contribution in [1.82, 2.24) is 9.62 Å². The number of carbonyl (C=O) groups excluding carboxylic acids is 1. The van der Waals surface area contributed by atoms with Crippen LogP contribution in [0.3, 0.4) is 0 Å². The number of piperidine rings is 1. The van der Waals surface area contributed by atoms with Crippen molar-refractivity contribution in [2.24, 2.45) is 0 Å².